The smallest absolute Gasteiger partial charge is 0.354 e. The quantitative estimate of drug-likeness (QED) is 0.363. The molecule has 0 bridgehead atoms. The standard InChI is InChI=1S/C20H19N5O4/c1-3-29-20(26)14-8-7-9-15(12-14)23-18-17(25(27)28)19(22-13-21-18)24(2)16-10-5-4-6-11-16/h4-13H,3H2,1-2H3,(H,21,22,23). The van der Waals surface area contributed by atoms with Gasteiger partial charge in [-0.05, 0) is 37.3 Å². The van der Waals surface area contributed by atoms with Crippen molar-refractivity contribution in [1.82, 2.24) is 9.97 Å². The molecule has 0 unspecified atom stereocenters. The maximum absolute atomic E-state index is 11.9. The van der Waals surface area contributed by atoms with Crippen molar-refractivity contribution in [3.05, 3.63) is 76.6 Å². The fourth-order valence-electron chi connectivity index (χ4n) is 2.72. The highest BCUT2D eigenvalue weighted by atomic mass is 16.6. The summed E-state index contributed by atoms with van der Waals surface area (Å²) in [5.74, 6) is -0.318. The van der Waals surface area contributed by atoms with Gasteiger partial charge in [0.2, 0.25) is 11.6 Å². The second-order valence-corrected chi connectivity index (χ2v) is 5.97. The van der Waals surface area contributed by atoms with E-state index in [1.807, 2.05) is 30.3 Å². The van der Waals surface area contributed by atoms with Crippen molar-refractivity contribution in [2.24, 2.45) is 0 Å². The van der Waals surface area contributed by atoms with Gasteiger partial charge in [-0.15, -0.1) is 0 Å². The van der Waals surface area contributed by atoms with Crippen LogP contribution < -0.4 is 10.2 Å². The Morgan fingerprint density at radius 3 is 2.62 bits per heavy atom. The van der Waals surface area contributed by atoms with E-state index < -0.39 is 10.9 Å². The zero-order chi connectivity index (χ0) is 20.8. The fraction of sp³-hybridized carbons (Fsp3) is 0.150. The Hall–Kier alpha value is -4.01. The zero-order valence-corrected chi connectivity index (χ0v) is 15.9. The number of nitro groups is 1. The lowest BCUT2D eigenvalue weighted by molar-refractivity contribution is -0.383. The SMILES string of the molecule is CCOC(=O)c1cccc(Nc2ncnc(N(C)c3ccccc3)c2[N+](=O)[O-])c1. The van der Waals surface area contributed by atoms with Gasteiger partial charge in [-0.25, -0.2) is 14.8 Å². The van der Waals surface area contributed by atoms with Gasteiger partial charge in [-0.3, -0.25) is 10.1 Å². The first-order chi connectivity index (χ1) is 14.0. The summed E-state index contributed by atoms with van der Waals surface area (Å²) in [5, 5.41) is 14.7. The van der Waals surface area contributed by atoms with Crippen LogP contribution in [0.15, 0.2) is 60.9 Å². The van der Waals surface area contributed by atoms with Gasteiger partial charge in [0.05, 0.1) is 17.1 Å². The van der Waals surface area contributed by atoms with Gasteiger partial charge in [-0.2, -0.15) is 0 Å². The molecule has 0 saturated heterocycles. The summed E-state index contributed by atoms with van der Waals surface area (Å²) >= 11 is 0. The predicted molar refractivity (Wildman–Crippen MR) is 109 cm³/mol. The van der Waals surface area contributed by atoms with E-state index in [-0.39, 0.29) is 23.9 Å². The molecule has 3 aromatic rings. The summed E-state index contributed by atoms with van der Waals surface area (Å²) in [7, 11) is 1.69. The van der Waals surface area contributed by atoms with Gasteiger partial charge in [-0.1, -0.05) is 24.3 Å². The molecule has 1 N–H and O–H groups in total. The molecule has 2 aromatic carbocycles. The number of hydrogen-bond donors (Lipinski definition) is 1. The van der Waals surface area contributed by atoms with Crippen LogP contribution in [-0.4, -0.2) is 34.5 Å². The van der Waals surface area contributed by atoms with Crippen LogP contribution in [0.3, 0.4) is 0 Å². The third-order valence-corrected chi connectivity index (χ3v) is 4.08. The van der Waals surface area contributed by atoms with Crippen molar-refractivity contribution in [1.29, 1.82) is 0 Å². The minimum atomic E-state index is -0.535. The molecule has 148 valence electrons. The average molecular weight is 393 g/mol. The van der Waals surface area contributed by atoms with Crippen molar-refractivity contribution in [2.75, 3.05) is 23.9 Å². The van der Waals surface area contributed by atoms with Gasteiger partial charge in [0.1, 0.15) is 6.33 Å². The summed E-state index contributed by atoms with van der Waals surface area (Å²) < 4.78 is 4.99. The maximum Gasteiger partial charge on any atom is 0.354 e. The number of carbonyl (C=O) groups excluding carboxylic acids is 1. The van der Waals surface area contributed by atoms with E-state index in [1.54, 1.807) is 43.1 Å². The van der Waals surface area contributed by atoms with Crippen molar-refractivity contribution in [3.63, 3.8) is 0 Å². The van der Waals surface area contributed by atoms with E-state index in [2.05, 4.69) is 15.3 Å². The molecule has 1 aromatic heterocycles. The highest BCUT2D eigenvalue weighted by molar-refractivity contribution is 5.91. The lowest BCUT2D eigenvalue weighted by Gasteiger charge is -2.19. The molecule has 3 rings (SSSR count). The van der Waals surface area contributed by atoms with Crippen LogP contribution in [0.1, 0.15) is 17.3 Å². The molecule has 9 nitrogen and oxygen atoms in total. The molecule has 9 heteroatoms. The number of carbonyl (C=O) groups is 1. The number of esters is 1. The number of ether oxygens (including phenoxy) is 1. The fourth-order valence-corrected chi connectivity index (χ4v) is 2.72. The highest BCUT2D eigenvalue weighted by Gasteiger charge is 2.26. The number of hydrogen-bond acceptors (Lipinski definition) is 8. The Balaban J connectivity index is 1.98. The van der Waals surface area contributed by atoms with Gasteiger partial charge in [0.15, 0.2) is 0 Å². The van der Waals surface area contributed by atoms with E-state index in [1.165, 1.54) is 6.33 Å². The second kappa shape index (κ2) is 8.79. The van der Waals surface area contributed by atoms with Gasteiger partial charge in [0.25, 0.3) is 0 Å². The number of aromatic nitrogens is 2. The highest BCUT2D eigenvalue weighted by Crippen LogP contribution is 2.36. The van der Waals surface area contributed by atoms with Crippen LogP contribution in [0.2, 0.25) is 0 Å². The lowest BCUT2D eigenvalue weighted by Crippen LogP contribution is -2.15. The molecule has 0 fully saturated rings. The minimum absolute atomic E-state index is 0.0174. The molecule has 0 aliphatic carbocycles. The van der Waals surface area contributed by atoms with E-state index in [0.29, 0.717) is 11.3 Å². The topological polar surface area (TPSA) is 110 Å². The Bertz CT molecular complexity index is 1030. The Morgan fingerprint density at radius 1 is 1.17 bits per heavy atom. The van der Waals surface area contributed by atoms with Crippen LogP contribution in [0.5, 0.6) is 0 Å². The van der Waals surface area contributed by atoms with Crippen molar-refractivity contribution >= 4 is 34.7 Å². The molecule has 0 spiro atoms. The number of benzene rings is 2. The Labute approximate surface area is 167 Å². The molecule has 29 heavy (non-hydrogen) atoms. The molecular weight excluding hydrogens is 374 g/mol. The maximum atomic E-state index is 11.9. The van der Waals surface area contributed by atoms with E-state index in [4.69, 9.17) is 4.74 Å². The molecule has 0 radical (unpaired) electrons. The minimum Gasteiger partial charge on any atom is -0.462 e. The number of anilines is 4. The molecule has 0 aliphatic heterocycles. The lowest BCUT2D eigenvalue weighted by atomic mass is 10.2. The molecule has 0 atom stereocenters. The van der Waals surface area contributed by atoms with Crippen molar-refractivity contribution in [2.45, 2.75) is 6.92 Å². The van der Waals surface area contributed by atoms with E-state index in [0.717, 1.165) is 5.69 Å². The third kappa shape index (κ3) is 4.46. The van der Waals surface area contributed by atoms with Crippen LogP contribution in [0, 0.1) is 10.1 Å². The zero-order valence-electron chi connectivity index (χ0n) is 15.9. The molecule has 0 saturated carbocycles. The molecule has 0 aliphatic rings. The Kier molecular flexibility index (Phi) is 5.98. The number of rotatable bonds is 7. The average Bonchev–Trinajstić information content (AvgIpc) is 2.74. The first-order valence-electron chi connectivity index (χ1n) is 8.83. The summed E-state index contributed by atoms with van der Waals surface area (Å²) in [4.78, 5) is 33.0. The van der Waals surface area contributed by atoms with Crippen molar-refractivity contribution < 1.29 is 14.5 Å². The summed E-state index contributed by atoms with van der Waals surface area (Å²) in [6.07, 6.45) is 1.25. The van der Waals surface area contributed by atoms with Gasteiger partial charge >= 0.3 is 11.7 Å². The summed E-state index contributed by atoms with van der Waals surface area (Å²) in [6, 6.07) is 15.6. The van der Waals surface area contributed by atoms with Crippen molar-refractivity contribution in [3.8, 4) is 0 Å². The summed E-state index contributed by atoms with van der Waals surface area (Å²) in [5.41, 5.74) is 1.26. The largest absolute Gasteiger partial charge is 0.462 e. The third-order valence-electron chi connectivity index (χ3n) is 4.08. The van der Waals surface area contributed by atoms with Crippen LogP contribution >= 0.6 is 0 Å². The van der Waals surface area contributed by atoms with Crippen LogP contribution in [0.4, 0.5) is 28.7 Å². The first-order valence-corrected chi connectivity index (χ1v) is 8.83. The number of para-hydroxylation sites is 1. The molecular formula is C20H19N5O4. The van der Waals surface area contributed by atoms with Crippen LogP contribution in [0.25, 0.3) is 0 Å². The normalized spacial score (nSPS) is 10.3. The van der Waals surface area contributed by atoms with Crippen LogP contribution in [-0.2, 0) is 4.74 Å². The molecule has 0 amide bonds. The van der Waals surface area contributed by atoms with E-state index in [9.17, 15) is 14.9 Å². The number of nitrogens with one attached hydrogen (secondary N) is 1. The Morgan fingerprint density at radius 2 is 1.93 bits per heavy atom. The van der Waals surface area contributed by atoms with E-state index >= 15 is 0 Å². The monoisotopic (exact) mass is 393 g/mol. The van der Waals surface area contributed by atoms with Gasteiger partial charge < -0.3 is 15.0 Å². The van der Waals surface area contributed by atoms with Gasteiger partial charge in [0, 0.05) is 18.4 Å². The first kappa shape index (κ1) is 19.7. The second-order valence-electron chi connectivity index (χ2n) is 5.97. The summed E-state index contributed by atoms with van der Waals surface area (Å²) in [6.45, 7) is 1.97. The molecule has 1 heterocycles. The number of nitrogens with zero attached hydrogens (tertiary/aromatic N) is 4. The predicted octanol–water partition coefficient (Wildman–Crippen LogP) is 4.07.